The lowest BCUT2D eigenvalue weighted by Crippen LogP contribution is -2.09. The minimum Gasteiger partial charge on any atom is -0.494 e. The summed E-state index contributed by atoms with van der Waals surface area (Å²) in [4.78, 5) is 23.8. The summed E-state index contributed by atoms with van der Waals surface area (Å²) in [5.41, 5.74) is 5.75. The lowest BCUT2D eigenvalue weighted by atomic mass is 9.99. The van der Waals surface area contributed by atoms with Crippen molar-refractivity contribution in [1.82, 2.24) is 0 Å². The molecule has 0 aliphatic carbocycles. The average Bonchev–Trinajstić information content (AvgIpc) is 2.48. The third-order valence-electron chi connectivity index (χ3n) is 3.03. The summed E-state index contributed by atoms with van der Waals surface area (Å²) < 4.78 is 18.4. The number of carbonyl (C=O) groups is 2. The second-order valence-corrected chi connectivity index (χ2v) is 5.09. The summed E-state index contributed by atoms with van der Waals surface area (Å²) in [5.74, 6) is -1.20. The van der Waals surface area contributed by atoms with E-state index in [1.807, 2.05) is 0 Å². The van der Waals surface area contributed by atoms with Gasteiger partial charge >= 0.3 is 0 Å². The van der Waals surface area contributed by atoms with Gasteiger partial charge in [-0.25, -0.2) is 4.39 Å². The van der Waals surface area contributed by atoms with Crippen molar-refractivity contribution in [1.29, 1.82) is 0 Å². The molecule has 0 spiro atoms. The summed E-state index contributed by atoms with van der Waals surface area (Å²) in [6.45, 7) is 0. The lowest BCUT2D eigenvalue weighted by molar-refractivity contribution is 0.103. The minimum atomic E-state index is -0.779. The number of ether oxygens (including phenoxy) is 1. The van der Waals surface area contributed by atoms with Crippen molar-refractivity contribution in [3.63, 3.8) is 0 Å². The van der Waals surface area contributed by atoms with E-state index < -0.39 is 16.8 Å². The largest absolute Gasteiger partial charge is 0.494 e. The van der Waals surface area contributed by atoms with Crippen LogP contribution >= 0.6 is 23.2 Å². The summed E-state index contributed by atoms with van der Waals surface area (Å²) in [7, 11) is 1.29. The fraction of sp³-hybridized carbons (Fsp3) is 0.0667. The van der Waals surface area contributed by atoms with E-state index >= 15 is 0 Å². The number of benzene rings is 2. The highest BCUT2D eigenvalue weighted by atomic mass is 35.5. The first-order valence-electron chi connectivity index (χ1n) is 6.02. The Morgan fingerprint density at radius 1 is 1.14 bits per heavy atom. The number of nitrogen functional groups attached to an aromatic ring is 1. The molecule has 2 aromatic carbocycles. The normalized spacial score (nSPS) is 10.4. The Balaban J connectivity index is 2.62. The highest BCUT2D eigenvalue weighted by molar-refractivity contribution is 6.68. The monoisotopic (exact) mass is 341 g/mol. The molecular weight excluding hydrogens is 332 g/mol. The van der Waals surface area contributed by atoms with Crippen molar-refractivity contribution in [3.8, 4) is 5.75 Å². The number of anilines is 1. The van der Waals surface area contributed by atoms with Crippen LogP contribution in [0.2, 0.25) is 5.02 Å². The van der Waals surface area contributed by atoms with Crippen LogP contribution in [0.5, 0.6) is 5.75 Å². The molecule has 2 rings (SSSR count). The van der Waals surface area contributed by atoms with Gasteiger partial charge in [-0.3, -0.25) is 9.59 Å². The first-order chi connectivity index (χ1) is 10.4. The Labute approximate surface area is 135 Å². The van der Waals surface area contributed by atoms with E-state index in [4.69, 9.17) is 33.7 Å². The van der Waals surface area contributed by atoms with Crippen molar-refractivity contribution in [3.05, 3.63) is 57.9 Å². The highest BCUT2D eigenvalue weighted by Crippen LogP contribution is 2.33. The van der Waals surface area contributed by atoms with Crippen LogP contribution in [0.15, 0.2) is 30.3 Å². The topological polar surface area (TPSA) is 69.4 Å². The summed E-state index contributed by atoms with van der Waals surface area (Å²) in [6, 6.07) is 6.06. The SMILES string of the molecule is COc1c(C(=O)c2cc(F)ccc2Cl)ccc(C(=O)Cl)c1N. The maximum atomic E-state index is 13.3. The molecule has 0 atom stereocenters. The summed E-state index contributed by atoms with van der Waals surface area (Å²) in [6.07, 6.45) is 0. The molecule has 0 saturated heterocycles. The number of ketones is 1. The quantitative estimate of drug-likeness (QED) is 0.523. The second-order valence-electron chi connectivity index (χ2n) is 4.33. The molecule has 114 valence electrons. The Hall–Kier alpha value is -2.11. The molecule has 2 aromatic rings. The van der Waals surface area contributed by atoms with Gasteiger partial charge in [-0.2, -0.15) is 0 Å². The molecule has 0 aliphatic rings. The van der Waals surface area contributed by atoms with Crippen LogP contribution in [0, 0.1) is 5.82 Å². The molecule has 0 fully saturated rings. The van der Waals surface area contributed by atoms with E-state index in [0.29, 0.717) is 0 Å². The fourth-order valence-corrected chi connectivity index (χ4v) is 2.35. The maximum absolute atomic E-state index is 13.3. The van der Waals surface area contributed by atoms with Crippen molar-refractivity contribution in [2.45, 2.75) is 0 Å². The first-order valence-corrected chi connectivity index (χ1v) is 6.78. The number of nitrogens with two attached hydrogens (primary N) is 1. The van der Waals surface area contributed by atoms with Crippen LogP contribution in [0.25, 0.3) is 0 Å². The Morgan fingerprint density at radius 3 is 2.36 bits per heavy atom. The number of methoxy groups -OCH3 is 1. The van der Waals surface area contributed by atoms with Crippen molar-refractivity contribution in [2.75, 3.05) is 12.8 Å². The lowest BCUT2D eigenvalue weighted by Gasteiger charge is -2.13. The first kappa shape index (κ1) is 16.3. The standard InChI is InChI=1S/C15H10Cl2FNO3/c1-22-14-9(4-3-8(12(14)19)15(17)21)13(20)10-6-7(18)2-5-11(10)16/h2-6H,19H2,1H3. The van der Waals surface area contributed by atoms with Crippen LogP contribution in [-0.4, -0.2) is 18.1 Å². The minimum absolute atomic E-state index is 0.0143. The van der Waals surface area contributed by atoms with Gasteiger partial charge in [0.25, 0.3) is 5.24 Å². The van der Waals surface area contributed by atoms with Gasteiger partial charge < -0.3 is 10.5 Å². The molecule has 7 heteroatoms. The molecule has 0 amide bonds. The molecule has 2 N–H and O–H groups in total. The van der Waals surface area contributed by atoms with Gasteiger partial charge in [0.1, 0.15) is 5.82 Å². The van der Waals surface area contributed by atoms with Gasteiger partial charge in [0.05, 0.1) is 28.9 Å². The van der Waals surface area contributed by atoms with Gasteiger partial charge in [0.2, 0.25) is 0 Å². The fourth-order valence-electron chi connectivity index (χ4n) is 1.99. The highest BCUT2D eigenvalue weighted by Gasteiger charge is 2.22. The summed E-state index contributed by atoms with van der Waals surface area (Å²) >= 11 is 11.3. The Morgan fingerprint density at radius 2 is 1.77 bits per heavy atom. The van der Waals surface area contributed by atoms with Crippen molar-refractivity contribution >= 4 is 39.9 Å². The molecule has 0 saturated carbocycles. The van der Waals surface area contributed by atoms with Crippen molar-refractivity contribution < 1.29 is 18.7 Å². The predicted octanol–water partition coefficient (Wildman–Crippen LogP) is 3.68. The van der Waals surface area contributed by atoms with E-state index in [0.717, 1.165) is 12.1 Å². The number of rotatable bonds is 4. The third-order valence-corrected chi connectivity index (χ3v) is 3.56. The predicted molar refractivity (Wildman–Crippen MR) is 82.4 cm³/mol. The Kier molecular flexibility index (Phi) is 4.68. The van der Waals surface area contributed by atoms with Crippen LogP contribution in [0.3, 0.4) is 0 Å². The van der Waals surface area contributed by atoms with E-state index in [1.165, 1.54) is 25.3 Å². The van der Waals surface area contributed by atoms with Gasteiger partial charge in [-0.1, -0.05) is 11.6 Å². The van der Waals surface area contributed by atoms with Gasteiger partial charge in [0, 0.05) is 5.56 Å². The zero-order chi connectivity index (χ0) is 16.4. The van der Waals surface area contributed by atoms with Crippen LogP contribution < -0.4 is 10.5 Å². The maximum Gasteiger partial charge on any atom is 0.254 e. The smallest absolute Gasteiger partial charge is 0.254 e. The van der Waals surface area contributed by atoms with Gasteiger partial charge in [0.15, 0.2) is 11.5 Å². The molecule has 0 bridgehead atoms. The van der Waals surface area contributed by atoms with E-state index in [2.05, 4.69) is 0 Å². The molecule has 0 heterocycles. The van der Waals surface area contributed by atoms with Crippen molar-refractivity contribution in [2.24, 2.45) is 0 Å². The molecule has 22 heavy (non-hydrogen) atoms. The summed E-state index contributed by atoms with van der Waals surface area (Å²) in [5, 5.41) is -0.692. The van der Waals surface area contributed by atoms with E-state index in [9.17, 15) is 14.0 Å². The average molecular weight is 342 g/mol. The molecular formula is C15H10Cl2FNO3. The molecule has 0 aliphatic heterocycles. The number of carbonyl (C=O) groups excluding carboxylic acids is 2. The van der Waals surface area contributed by atoms with Gasteiger partial charge in [-0.15, -0.1) is 0 Å². The van der Waals surface area contributed by atoms with E-state index in [1.54, 1.807) is 0 Å². The molecule has 0 aromatic heterocycles. The number of halogens is 3. The molecule has 4 nitrogen and oxygen atoms in total. The Bertz CT molecular complexity index is 778. The number of hydrogen-bond donors (Lipinski definition) is 1. The molecule has 0 radical (unpaired) electrons. The number of hydrogen-bond acceptors (Lipinski definition) is 4. The zero-order valence-electron chi connectivity index (χ0n) is 11.3. The van der Waals surface area contributed by atoms with Crippen LogP contribution in [0.1, 0.15) is 26.3 Å². The third kappa shape index (κ3) is 2.91. The second kappa shape index (κ2) is 6.34. The van der Waals surface area contributed by atoms with Crippen LogP contribution in [0.4, 0.5) is 10.1 Å². The molecule has 0 unspecified atom stereocenters. The zero-order valence-corrected chi connectivity index (χ0v) is 12.8. The van der Waals surface area contributed by atoms with E-state index in [-0.39, 0.29) is 33.1 Å². The van der Waals surface area contributed by atoms with Crippen LogP contribution in [-0.2, 0) is 0 Å². The van der Waals surface area contributed by atoms with Gasteiger partial charge in [-0.05, 0) is 41.9 Å².